The molecule has 0 bridgehead atoms. The first-order chi connectivity index (χ1) is 7.09. The number of aliphatic carboxylic acids is 1. The number of carbonyl (C=O) groups is 2. The topological polar surface area (TPSA) is 66.8 Å². The van der Waals surface area contributed by atoms with Crippen molar-refractivity contribution in [2.45, 2.75) is 31.9 Å². The van der Waals surface area contributed by atoms with Crippen LogP contribution < -0.4 is 0 Å². The molecule has 0 aromatic carbocycles. The quantitative estimate of drug-likeness (QED) is 0.670. The summed E-state index contributed by atoms with van der Waals surface area (Å²) in [6.07, 6.45) is 1.28. The average molecular weight is 213 g/mol. The van der Waals surface area contributed by atoms with E-state index in [9.17, 15) is 9.59 Å². The van der Waals surface area contributed by atoms with E-state index >= 15 is 0 Å². The van der Waals surface area contributed by atoms with E-state index < -0.39 is 11.9 Å². The molecule has 2 heterocycles. The van der Waals surface area contributed by atoms with E-state index in [1.165, 1.54) is 6.92 Å². The van der Waals surface area contributed by atoms with Gasteiger partial charge in [-0.15, -0.1) is 0 Å². The SMILES string of the molecule is CC(=O)N1CC(C(=O)O)CC2OCCC21. The fourth-order valence-corrected chi connectivity index (χ4v) is 2.49. The summed E-state index contributed by atoms with van der Waals surface area (Å²) in [5.74, 6) is -1.37. The molecule has 5 nitrogen and oxygen atoms in total. The van der Waals surface area contributed by atoms with Gasteiger partial charge >= 0.3 is 5.97 Å². The van der Waals surface area contributed by atoms with Gasteiger partial charge in [-0.05, 0) is 12.8 Å². The van der Waals surface area contributed by atoms with Gasteiger partial charge in [-0.3, -0.25) is 9.59 Å². The molecule has 2 saturated heterocycles. The Balaban J connectivity index is 2.15. The van der Waals surface area contributed by atoms with Gasteiger partial charge in [-0.25, -0.2) is 0 Å². The number of fused-ring (bicyclic) bond motifs is 1. The number of carboxylic acids is 1. The van der Waals surface area contributed by atoms with Crippen LogP contribution in [0.5, 0.6) is 0 Å². The van der Waals surface area contributed by atoms with Crippen molar-refractivity contribution >= 4 is 11.9 Å². The lowest BCUT2D eigenvalue weighted by molar-refractivity contribution is -0.150. The molecule has 0 saturated carbocycles. The Labute approximate surface area is 88.0 Å². The molecule has 0 aromatic heterocycles. The van der Waals surface area contributed by atoms with Crippen LogP contribution in [0.3, 0.4) is 0 Å². The molecule has 84 valence electrons. The summed E-state index contributed by atoms with van der Waals surface area (Å²) in [5.41, 5.74) is 0. The minimum atomic E-state index is -0.838. The summed E-state index contributed by atoms with van der Waals surface area (Å²) in [7, 11) is 0. The molecule has 0 aromatic rings. The third kappa shape index (κ3) is 1.84. The molecule has 0 aliphatic carbocycles. The maximum Gasteiger partial charge on any atom is 0.308 e. The largest absolute Gasteiger partial charge is 0.481 e. The molecule has 2 aliphatic rings. The first-order valence-corrected chi connectivity index (χ1v) is 5.21. The van der Waals surface area contributed by atoms with Crippen LogP contribution in [0.15, 0.2) is 0 Å². The van der Waals surface area contributed by atoms with Crippen molar-refractivity contribution in [3.63, 3.8) is 0 Å². The Hall–Kier alpha value is -1.10. The molecule has 3 atom stereocenters. The highest BCUT2D eigenvalue weighted by atomic mass is 16.5. The second kappa shape index (κ2) is 3.81. The Morgan fingerprint density at radius 2 is 2.20 bits per heavy atom. The molecule has 5 heteroatoms. The van der Waals surface area contributed by atoms with E-state index in [0.29, 0.717) is 19.6 Å². The smallest absolute Gasteiger partial charge is 0.308 e. The number of carboxylic acid groups (broad SMARTS) is 1. The zero-order valence-electron chi connectivity index (χ0n) is 8.68. The van der Waals surface area contributed by atoms with E-state index in [4.69, 9.17) is 9.84 Å². The van der Waals surface area contributed by atoms with Crippen molar-refractivity contribution in [1.82, 2.24) is 4.90 Å². The summed E-state index contributed by atoms with van der Waals surface area (Å²) in [5, 5.41) is 8.96. The minimum absolute atomic E-state index is 0.0542. The third-order valence-electron chi connectivity index (χ3n) is 3.26. The number of likely N-dealkylation sites (tertiary alicyclic amines) is 1. The molecule has 0 spiro atoms. The Bertz CT molecular complexity index is 291. The first kappa shape index (κ1) is 10.4. The van der Waals surface area contributed by atoms with E-state index in [-0.39, 0.29) is 18.1 Å². The van der Waals surface area contributed by atoms with Crippen LogP contribution in [-0.4, -0.2) is 47.2 Å². The van der Waals surface area contributed by atoms with Gasteiger partial charge in [0.1, 0.15) is 0 Å². The maximum absolute atomic E-state index is 11.4. The second-order valence-electron chi connectivity index (χ2n) is 4.21. The molecule has 2 fully saturated rings. The van der Waals surface area contributed by atoms with Crippen LogP contribution in [0, 0.1) is 5.92 Å². The van der Waals surface area contributed by atoms with Crippen molar-refractivity contribution in [3.8, 4) is 0 Å². The van der Waals surface area contributed by atoms with Crippen LogP contribution in [0.4, 0.5) is 0 Å². The van der Waals surface area contributed by atoms with Crippen LogP contribution in [0.1, 0.15) is 19.8 Å². The number of amides is 1. The molecular formula is C10H15NO4. The molecule has 1 amide bonds. The van der Waals surface area contributed by atoms with Crippen molar-refractivity contribution in [2.75, 3.05) is 13.2 Å². The molecular weight excluding hydrogens is 198 g/mol. The fraction of sp³-hybridized carbons (Fsp3) is 0.800. The lowest BCUT2D eigenvalue weighted by Crippen LogP contribution is -2.52. The average Bonchev–Trinajstić information content (AvgIpc) is 2.62. The van der Waals surface area contributed by atoms with Crippen molar-refractivity contribution < 1.29 is 19.4 Å². The molecule has 2 rings (SSSR count). The Morgan fingerprint density at radius 1 is 1.47 bits per heavy atom. The lowest BCUT2D eigenvalue weighted by Gasteiger charge is -2.38. The summed E-state index contributed by atoms with van der Waals surface area (Å²) >= 11 is 0. The number of carbonyl (C=O) groups excluding carboxylic acids is 1. The van der Waals surface area contributed by atoms with Gasteiger partial charge < -0.3 is 14.7 Å². The highest BCUT2D eigenvalue weighted by Crippen LogP contribution is 2.31. The number of nitrogens with zero attached hydrogens (tertiary/aromatic N) is 1. The highest BCUT2D eigenvalue weighted by Gasteiger charge is 2.43. The van der Waals surface area contributed by atoms with E-state index in [0.717, 1.165) is 6.42 Å². The van der Waals surface area contributed by atoms with Crippen LogP contribution >= 0.6 is 0 Å². The van der Waals surface area contributed by atoms with Gasteiger partial charge in [0.25, 0.3) is 0 Å². The number of ether oxygens (including phenoxy) is 1. The normalized spacial score (nSPS) is 35.0. The van der Waals surface area contributed by atoms with Crippen LogP contribution in [0.25, 0.3) is 0 Å². The summed E-state index contributed by atoms with van der Waals surface area (Å²) in [6, 6.07) is 0.0955. The predicted octanol–water partition coefficient (Wildman–Crippen LogP) is 0.0969. The van der Waals surface area contributed by atoms with Gasteiger partial charge in [0.15, 0.2) is 0 Å². The molecule has 3 unspecified atom stereocenters. The second-order valence-corrected chi connectivity index (χ2v) is 4.21. The lowest BCUT2D eigenvalue weighted by atomic mass is 9.90. The van der Waals surface area contributed by atoms with Gasteiger partial charge in [-0.1, -0.05) is 0 Å². The number of rotatable bonds is 1. The highest BCUT2D eigenvalue weighted by molar-refractivity contribution is 5.76. The Morgan fingerprint density at radius 3 is 2.80 bits per heavy atom. The molecule has 1 N–H and O–H groups in total. The predicted molar refractivity (Wildman–Crippen MR) is 51.3 cm³/mol. The summed E-state index contributed by atoms with van der Waals surface area (Å²) < 4.78 is 5.46. The van der Waals surface area contributed by atoms with Crippen molar-refractivity contribution in [1.29, 1.82) is 0 Å². The first-order valence-electron chi connectivity index (χ1n) is 5.21. The monoisotopic (exact) mass is 213 g/mol. The van der Waals surface area contributed by atoms with E-state index in [2.05, 4.69) is 0 Å². The zero-order valence-corrected chi connectivity index (χ0v) is 8.68. The van der Waals surface area contributed by atoms with Crippen molar-refractivity contribution in [2.24, 2.45) is 5.92 Å². The Kier molecular flexibility index (Phi) is 2.65. The van der Waals surface area contributed by atoms with Gasteiger partial charge in [-0.2, -0.15) is 0 Å². The van der Waals surface area contributed by atoms with Gasteiger partial charge in [0.05, 0.1) is 18.1 Å². The fourth-order valence-electron chi connectivity index (χ4n) is 2.49. The number of piperidine rings is 1. The number of hydrogen-bond donors (Lipinski definition) is 1. The van der Waals surface area contributed by atoms with Crippen molar-refractivity contribution in [3.05, 3.63) is 0 Å². The minimum Gasteiger partial charge on any atom is -0.481 e. The van der Waals surface area contributed by atoms with E-state index in [1.807, 2.05) is 0 Å². The van der Waals surface area contributed by atoms with Gasteiger partial charge in [0, 0.05) is 20.1 Å². The standard InChI is InChI=1S/C10H15NO4/c1-6(12)11-5-7(10(13)14)4-9-8(11)2-3-15-9/h7-9H,2-5H2,1H3,(H,13,14). The maximum atomic E-state index is 11.4. The van der Waals surface area contributed by atoms with Crippen LogP contribution in [0.2, 0.25) is 0 Å². The number of hydrogen-bond acceptors (Lipinski definition) is 3. The summed E-state index contributed by atoms with van der Waals surface area (Å²) in [4.78, 5) is 24.0. The van der Waals surface area contributed by atoms with Gasteiger partial charge in [0.2, 0.25) is 5.91 Å². The summed E-state index contributed by atoms with van der Waals surface area (Å²) in [6.45, 7) is 2.44. The van der Waals surface area contributed by atoms with Crippen LogP contribution in [-0.2, 0) is 14.3 Å². The molecule has 2 aliphatic heterocycles. The van der Waals surface area contributed by atoms with E-state index in [1.54, 1.807) is 4.90 Å². The molecule has 0 radical (unpaired) electrons. The molecule has 15 heavy (non-hydrogen) atoms. The zero-order chi connectivity index (χ0) is 11.0. The third-order valence-corrected chi connectivity index (χ3v) is 3.26.